The van der Waals surface area contributed by atoms with Crippen LogP contribution in [-0.2, 0) is 13.2 Å². The number of nitrogens with zero attached hydrogens (tertiary/aromatic N) is 2. The Morgan fingerprint density at radius 1 is 1.29 bits per heavy atom. The Balaban J connectivity index is 1.92. The first kappa shape index (κ1) is 17.9. The predicted molar refractivity (Wildman–Crippen MR) is 103 cm³/mol. The van der Waals surface area contributed by atoms with Crippen molar-refractivity contribution in [2.45, 2.75) is 13.2 Å². The van der Waals surface area contributed by atoms with Crippen LogP contribution in [0.3, 0.4) is 0 Å². The number of ether oxygens (including phenoxy) is 1. The van der Waals surface area contributed by atoms with Crippen molar-refractivity contribution in [2.24, 2.45) is 0 Å². The molecule has 0 bridgehead atoms. The third-order valence-electron chi connectivity index (χ3n) is 3.04. The van der Waals surface area contributed by atoms with E-state index >= 15 is 0 Å². The van der Waals surface area contributed by atoms with Crippen LogP contribution in [0.2, 0.25) is 0 Å². The number of H-pyrrole nitrogens is 1. The Hall–Kier alpha value is -2.45. The van der Waals surface area contributed by atoms with E-state index in [1.807, 2.05) is 28.8 Å². The fourth-order valence-electron chi connectivity index (χ4n) is 1.90. The van der Waals surface area contributed by atoms with Gasteiger partial charge in [0.1, 0.15) is 12.4 Å². The second-order valence-electron chi connectivity index (χ2n) is 4.78. The summed E-state index contributed by atoms with van der Waals surface area (Å²) < 4.78 is 8.13. The van der Waals surface area contributed by atoms with E-state index < -0.39 is 0 Å². The SMILES string of the molecule is C=CCNC(=S)Nc1ccc(OCc2n[nH]c(=S)n2CC=C)cc1. The molecule has 1 aromatic heterocycles. The zero-order chi connectivity index (χ0) is 17.4. The summed E-state index contributed by atoms with van der Waals surface area (Å²) in [5.74, 6) is 1.45. The highest BCUT2D eigenvalue weighted by molar-refractivity contribution is 7.80. The van der Waals surface area contributed by atoms with Crippen molar-refractivity contribution in [3.8, 4) is 5.75 Å². The lowest BCUT2D eigenvalue weighted by atomic mass is 10.3. The molecule has 6 nitrogen and oxygen atoms in total. The molecule has 24 heavy (non-hydrogen) atoms. The van der Waals surface area contributed by atoms with Crippen molar-refractivity contribution in [3.63, 3.8) is 0 Å². The van der Waals surface area contributed by atoms with E-state index in [9.17, 15) is 0 Å². The molecule has 8 heteroatoms. The number of aromatic amines is 1. The molecule has 3 N–H and O–H groups in total. The molecule has 0 spiro atoms. The summed E-state index contributed by atoms with van der Waals surface area (Å²) in [5, 5.41) is 13.5. The summed E-state index contributed by atoms with van der Waals surface area (Å²) >= 11 is 10.3. The number of benzene rings is 1. The number of nitrogens with one attached hydrogen (secondary N) is 3. The maximum atomic E-state index is 5.74. The van der Waals surface area contributed by atoms with Crippen LogP contribution in [0.5, 0.6) is 5.75 Å². The average Bonchev–Trinajstić information content (AvgIpc) is 2.93. The van der Waals surface area contributed by atoms with E-state index in [2.05, 4.69) is 34.0 Å². The molecule has 0 saturated carbocycles. The number of thiocarbonyl (C=S) groups is 1. The maximum Gasteiger partial charge on any atom is 0.195 e. The van der Waals surface area contributed by atoms with E-state index in [4.69, 9.17) is 29.2 Å². The van der Waals surface area contributed by atoms with Crippen LogP contribution in [0.1, 0.15) is 5.82 Å². The van der Waals surface area contributed by atoms with Gasteiger partial charge in [0.15, 0.2) is 15.7 Å². The number of aromatic nitrogens is 3. The molecule has 0 aliphatic rings. The second-order valence-corrected chi connectivity index (χ2v) is 5.58. The van der Waals surface area contributed by atoms with Gasteiger partial charge in [-0.2, -0.15) is 5.10 Å². The summed E-state index contributed by atoms with van der Waals surface area (Å²) in [6, 6.07) is 7.49. The van der Waals surface area contributed by atoms with Crippen molar-refractivity contribution >= 4 is 35.2 Å². The number of hydrogen-bond acceptors (Lipinski definition) is 4. The lowest BCUT2D eigenvalue weighted by molar-refractivity contribution is 0.290. The largest absolute Gasteiger partial charge is 0.486 e. The number of anilines is 1. The molecule has 0 amide bonds. The Bertz CT molecular complexity index is 764. The summed E-state index contributed by atoms with van der Waals surface area (Å²) in [7, 11) is 0. The smallest absolute Gasteiger partial charge is 0.195 e. The van der Waals surface area contributed by atoms with Crippen LogP contribution >= 0.6 is 24.4 Å². The summed E-state index contributed by atoms with van der Waals surface area (Å²) in [6.45, 7) is 8.86. The third kappa shape index (κ3) is 5.04. The number of rotatable bonds is 8. The lowest BCUT2D eigenvalue weighted by Crippen LogP contribution is -2.28. The molecule has 0 atom stereocenters. The van der Waals surface area contributed by atoms with Gasteiger partial charge in [-0.3, -0.25) is 9.67 Å². The van der Waals surface area contributed by atoms with Gasteiger partial charge >= 0.3 is 0 Å². The fourth-order valence-corrected chi connectivity index (χ4v) is 2.33. The molecule has 0 radical (unpaired) electrons. The lowest BCUT2D eigenvalue weighted by Gasteiger charge is -2.10. The quantitative estimate of drug-likeness (QED) is 0.496. The molecular formula is C16H19N5OS2. The first-order chi connectivity index (χ1) is 11.6. The van der Waals surface area contributed by atoms with Crippen LogP contribution in [0, 0.1) is 4.77 Å². The highest BCUT2D eigenvalue weighted by atomic mass is 32.1. The minimum absolute atomic E-state index is 0.313. The summed E-state index contributed by atoms with van der Waals surface area (Å²) in [6.07, 6.45) is 3.51. The molecule has 0 unspecified atom stereocenters. The molecule has 2 aromatic rings. The van der Waals surface area contributed by atoms with Gasteiger partial charge in [0, 0.05) is 18.8 Å². The van der Waals surface area contributed by atoms with Gasteiger partial charge in [0.05, 0.1) is 0 Å². The van der Waals surface area contributed by atoms with Crippen molar-refractivity contribution in [1.82, 2.24) is 20.1 Å². The van der Waals surface area contributed by atoms with Gasteiger partial charge in [-0.25, -0.2) is 0 Å². The van der Waals surface area contributed by atoms with Gasteiger partial charge in [-0.15, -0.1) is 13.2 Å². The Morgan fingerprint density at radius 2 is 2.04 bits per heavy atom. The number of hydrogen-bond donors (Lipinski definition) is 3. The van der Waals surface area contributed by atoms with Crippen molar-refractivity contribution in [1.29, 1.82) is 0 Å². The third-order valence-corrected chi connectivity index (χ3v) is 3.59. The van der Waals surface area contributed by atoms with E-state index in [0.29, 0.717) is 29.6 Å². The van der Waals surface area contributed by atoms with E-state index in [-0.39, 0.29) is 0 Å². The fraction of sp³-hybridized carbons (Fsp3) is 0.188. The van der Waals surface area contributed by atoms with Gasteiger partial charge in [0.2, 0.25) is 0 Å². The normalized spacial score (nSPS) is 10.0. The molecule has 0 aliphatic heterocycles. The van der Waals surface area contributed by atoms with Crippen molar-refractivity contribution in [3.05, 3.63) is 60.2 Å². The zero-order valence-electron chi connectivity index (χ0n) is 13.1. The van der Waals surface area contributed by atoms with Crippen LogP contribution in [-0.4, -0.2) is 26.4 Å². The highest BCUT2D eigenvalue weighted by Gasteiger charge is 2.06. The summed E-state index contributed by atoms with van der Waals surface area (Å²) in [4.78, 5) is 0. The molecular weight excluding hydrogens is 342 g/mol. The monoisotopic (exact) mass is 361 g/mol. The first-order valence-electron chi connectivity index (χ1n) is 7.27. The van der Waals surface area contributed by atoms with Crippen LogP contribution in [0.25, 0.3) is 0 Å². The molecule has 1 aromatic carbocycles. The van der Waals surface area contributed by atoms with E-state index in [1.165, 1.54) is 0 Å². The molecule has 0 saturated heterocycles. The van der Waals surface area contributed by atoms with Gasteiger partial charge in [-0.05, 0) is 48.7 Å². The summed E-state index contributed by atoms with van der Waals surface area (Å²) in [5.41, 5.74) is 0.873. The molecule has 0 aliphatic carbocycles. The first-order valence-corrected chi connectivity index (χ1v) is 8.09. The Labute approximate surface area is 151 Å². The topological polar surface area (TPSA) is 66.9 Å². The van der Waals surface area contributed by atoms with Crippen molar-refractivity contribution < 1.29 is 4.74 Å². The average molecular weight is 361 g/mol. The number of allylic oxidation sites excluding steroid dienone is 1. The maximum absolute atomic E-state index is 5.74. The van der Waals surface area contributed by atoms with Gasteiger partial charge in [0.25, 0.3) is 0 Å². The minimum Gasteiger partial charge on any atom is -0.486 e. The molecule has 2 rings (SSSR count). The van der Waals surface area contributed by atoms with E-state index in [0.717, 1.165) is 17.3 Å². The predicted octanol–water partition coefficient (Wildman–Crippen LogP) is 3.18. The zero-order valence-corrected chi connectivity index (χ0v) is 14.8. The minimum atomic E-state index is 0.313. The molecule has 1 heterocycles. The highest BCUT2D eigenvalue weighted by Crippen LogP contribution is 2.17. The standard InChI is InChI=1S/C16H19N5OS2/c1-3-9-17-15(23)18-12-5-7-13(8-6-12)22-11-14-19-20-16(24)21(14)10-4-2/h3-8H,1-2,9-11H2,(H,20,24)(H2,17,18,23). The van der Waals surface area contributed by atoms with Crippen LogP contribution in [0.4, 0.5) is 5.69 Å². The molecule has 0 fully saturated rings. The van der Waals surface area contributed by atoms with Gasteiger partial charge < -0.3 is 15.4 Å². The van der Waals surface area contributed by atoms with Crippen LogP contribution in [0.15, 0.2) is 49.6 Å². The molecule has 126 valence electrons. The van der Waals surface area contributed by atoms with Crippen molar-refractivity contribution in [2.75, 3.05) is 11.9 Å². The van der Waals surface area contributed by atoms with E-state index in [1.54, 1.807) is 12.2 Å². The Morgan fingerprint density at radius 3 is 2.71 bits per heavy atom. The second kappa shape index (κ2) is 8.99. The van der Waals surface area contributed by atoms with Crippen LogP contribution < -0.4 is 15.4 Å². The van der Waals surface area contributed by atoms with Gasteiger partial charge in [-0.1, -0.05) is 12.2 Å². The Kier molecular flexibility index (Phi) is 6.71.